The maximum atomic E-state index is 11.5. The molecule has 0 fully saturated rings. The van der Waals surface area contributed by atoms with Gasteiger partial charge in [-0.15, -0.1) is 0 Å². The van der Waals surface area contributed by atoms with Crippen molar-refractivity contribution in [2.75, 3.05) is 7.11 Å². The molecular formula is C19H15N3O3. The Morgan fingerprint density at radius 1 is 1.20 bits per heavy atom. The lowest BCUT2D eigenvalue weighted by atomic mass is 10.1. The quantitative estimate of drug-likeness (QED) is 0.596. The summed E-state index contributed by atoms with van der Waals surface area (Å²) < 4.78 is 11.5. The SMILES string of the molecule is COc1ccc(C(N)=O)cc1-c1cc2nccc(-c3cc[nH]c3)c2o1. The first kappa shape index (κ1) is 15.0. The van der Waals surface area contributed by atoms with Crippen LogP contribution in [0.2, 0.25) is 0 Å². The fourth-order valence-electron chi connectivity index (χ4n) is 2.84. The third kappa shape index (κ3) is 2.53. The standard InChI is InChI=1S/C19H15N3O3/c1-24-16-3-2-11(19(20)23)8-14(16)17-9-15-18(25-17)13(5-7-22-15)12-4-6-21-10-12/h2-10,21H,1H3,(H2,20,23). The fourth-order valence-corrected chi connectivity index (χ4v) is 2.84. The van der Waals surface area contributed by atoms with Crippen molar-refractivity contribution >= 4 is 17.0 Å². The van der Waals surface area contributed by atoms with E-state index >= 15 is 0 Å². The number of hydrogen-bond acceptors (Lipinski definition) is 4. The molecule has 0 saturated heterocycles. The highest BCUT2D eigenvalue weighted by molar-refractivity contribution is 5.96. The first-order valence-electron chi connectivity index (χ1n) is 7.67. The van der Waals surface area contributed by atoms with Crippen LogP contribution >= 0.6 is 0 Å². The van der Waals surface area contributed by atoms with Crippen molar-refractivity contribution in [3.05, 3.63) is 60.6 Å². The maximum absolute atomic E-state index is 11.5. The monoisotopic (exact) mass is 333 g/mol. The Morgan fingerprint density at radius 3 is 2.80 bits per heavy atom. The van der Waals surface area contributed by atoms with E-state index in [1.54, 1.807) is 31.5 Å². The van der Waals surface area contributed by atoms with Crippen molar-refractivity contribution in [2.45, 2.75) is 0 Å². The van der Waals surface area contributed by atoms with Gasteiger partial charge in [0.25, 0.3) is 0 Å². The highest BCUT2D eigenvalue weighted by Crippen LogP contribution is 2.37. The predicted octanol–water partition coefficient (Wildman–Crippen LogP) is 3.60. The van der Waals surface area contributed by atoms with Crippen LogP contribution in [0.25, 0.3) is 33.6 Å². The summed E-state index contributed by atoms with van der Waals surface area (Å²) >= 11 is 0. The van der Waals surface area contributed by atoms with Crippen molar-refractivity contribution in [1.82, 2.24) is 9.97 Å². The van der Waals surface area contributed by atoms with Crippen LogP contribution in [0.5, 0.6) is 5.75 Å². The number of pyridine rings is 1. The second kappa shape index (κ2) is 5.83. The number of benzene rings is 1. The number of rotatable bonds is 4. The molecule has 4 aromatic rings. The van der Waals surface area contributed by atoms with Crippen LogP contribution in [0.1, 0.15) is 10.4 Å². The molecule has 3 aromatic heterocycles. The van der Waals surface area contributed by atoms with E-state index in [1.807, 2.05) is 30.6 Å². The van der Waals surface area contributed by atoms with Crippen LogP contribution in [-0.4, -0.2) is 23.0 Å². The van der Waals surface area contributed by atoms with Crippen LogP contribution in [0.15, 0.2) is 59.4 Å². The lowest BCUT2D eigenvalue weighted by Gasteiger charge is -2.07. The predicted molar refractivity (Wildman–Crippen MR) is 94.3 cm³/mol. The topological polar surface area (TPSA) is 94.1 Å². The summed E-state index contributed by atoms with van der Waals surface area (Å²) in [6.07, 6.45) is 5.48. The number of nitrogens with zero attached hydrogens (tertiary/aromatic N) is 1. The third-order valence-electron chi connectivity index (χ3n) is 4.07. The highest BCUT2D eigenvalue weighted by Gasteiger charge is 2.17. The van der Waals surface area contributed by atoms with E-state index in [9.17, 15) is 4.79 Å². The van der Waals surface area contributed by atoms with Crippen LogP contribution in [0, 0.1) is 0 Å². The Kier molecular flexibility index (Phi) is 3.50. The summed E-state index contributed by atoms with van der Waals surface area (Å²) in [5, 5.41) is 0. The number of amides is 1. The zero-order valence-electron chi connectivity index (χ0n) is 13.4. The molecule has 124 valence electrons. The van der Waals surface area contributed by atoms with Crippen molar-refractivity contribution < 1.29 is 13.9 Å². The molecule has 0 spiro atoms. The normalized spacial score (nSPS) is 10.9. The smallest absolute Gasteiger partial charge is 0.248 e. The van der Waals surface area contributed by atoms with E-state index in [2.05, 4.69) is 9.97 Å². The first-order chi connectivity index (χ1) is 12.2. The van der Waals surface area contributed by atoms with Crippen LogP contribution in [-0.2, 0) is 0 Å². The lowest BCUT2D eigenvalue weighted by molar-refractivity contribution is 0.100. The number of ether oxygens (including phenoxy) is 1. The molecule has 0 bridgehead atoms. The molecule has 0 atom stereocenters. The Bertz CT molecular complexity index is 1060. The summed E-state index contributed by atoms with van der Waals surface area (Å²) in [6, 6.07) is 10.7. The molecule has 1 aromatic carbocycles. The number of furan rings is 1. The van der Waals surface area contributed by atoms with Crippen molar-refractivity contribution in [3.8, 4) is 28.2 Å². The van der Waals surface area contributed by atoms with Gasteiger partial charge >= 0.3 is 0 Å². The molecule has 0 aliphatic carbocycles. The summed E-state index contributed by atoms with van der Waals surface area (Å²) in [5.41, 5.74) is 9.75. The number of aromatic amines is 1. The van der Waals surface area contributed by atoms with Crippen LogP contribution < -0.4 is 10.5 Å². The summed E-state index contributed by atoms with van der Waals surface area (Å²) in [4.78, 5) is 18.9. The molecule has 4 rings (SSSR count). The van der Waals surface area contributed by atoms with Gasteiger partial charge in [-0.3, -0.25) is 9.78 Å². The molecule has 6 heteroatoms. The minimum atomic E-state index is -0.508. The number of carbonyl (C=O) groups excluding carboxylic acids is 1. The summed E-state index contributed by atoms with van der Waals surface area (Å²) in [5.74, 6) is 0.642. The maximum Gasteiger partial charge on any atom is 0.248 e. The number of fused-ring (bicyclic) bond motifs is 1. The van der Waals surface area contributed by atoms with E-state index in [1.165, 1.54) is 0 Å². The van der Waals surface area contributed by atoms with E-state index in [-0.39, 0.29) is 0 Å². The zero-order chi connectivity index (χ0) is 17.4. The zero-order valence-corrected chi connectivity index (χ0v) is 13.4. The molecule has 0 aliphatic rings. The number of hydrogen-bond donors (Lipinski definition) is 2. The highest BCUT2D eigenvalue weighted by atomic mass is 16.5. The molecule has 3 heterocycles. The minimum absolute atomic E-state index is 0.384. The van der Waals surface area contributed by atoms with Gasteiger partial charge in [-0.1, -0.05) is 0 Å². The number of aromatic nitrogens is 2. The summed E-state index contributed by atoms with van der Waals surface area (Å²) in [7, 11) is 1.56. The molecule has 3 N–H and O–H groups in total. The van der Waals surface area contributed by atoms with Gasteiger partial charge in [0.2, 0.25) is 5.91 Å². The fraction of sp³-hybridized carbons (Fsp3) is 0.0526. The number of carbonyl (C=O) groups is 1. The van der Waals surface area contributed by atoms with Crippen molar-refractivity contribution in [1.29, 1.82) is 0 Å². The molecular weight excluding hydrogens is 318 g/mol. The van der Waals surface area contributed by atoms with Gasteiger partial charge in [0, 0.05) is 41.3 Å². The van der Waals surface area contributed by atoms with Crippen LogP contribution in [0.4, 0.5) is 0 Å². The Balaban J connectivity index is 1.93. The number of nitrogens with two attached hydrogens (primary N) is 1. The van der Waals surface area contributed by atoms with Crippen molar-refractivity contribution in [3.63, 3.8) is 0 Å². The first-order valence-corrected chi connectivity index (χ1v) is 7.67. The Hall–Kier alpha value is -3.54. The number of H-pyrrole nitrogens is 1. The second-order valence-corrected chi connectivity index (χ2v) is 5.56. The van der Waals surface area contributed by atoms with E-state index in [0.29, 0.717) is 28.2 Å². The van der Waals surface area contributed by atoms with Crippen LogP contribution in [0.3, 0.4) is 0 Å². The largest absolute Gasteiger partial charge is 0.496 e. The third-order valence-corrected chi connectivity index (χ3v) is 4.07. The molecule has 0 unspecified atom stereocenters. The number of nitrogens with one attached hydrogen (secondary N) is 1. The molecule has 25 heavy (non-hydrogen) atoms. The number of primary amides is 1. The van der Waals surface area contributed by atoms with Gasteiger partial charge in [-0.05, 0) is 30.3 Å². The molecule has 0 saturated carbocycles. The Labute approximate surface area is 143 Å². The van der Waals surface area contributed by atoms with E-state index in [4.69, 9.17) is 14.9 Å². The van der Waals surface area contributed by atoms with Gasteiger partial charge in [0.05, 0.1) is 12.7 Å². The average Bonchev–Trinajstić information content (AvgIpc) is 3.30. The van der Waals surface area contributed by atoms with Gasteiger partial charge in [0.1, 0.15) is 17.0 Å². The molecule has 0 radical (unpaired) electrons. The average molecular weight is 333 g/mol. The van der Waals surface area contributed by atoms with Crippen molar-refractivity contribution in [2.24, 2.45) is 5.73 Å². The van der Waals surface area contributed by atoms with E-state index in [0.717, 1.165) is 16.6 Å². The molecule has 0 aliphatic heterocycles. The molecule has 6 nitrogen and oxygen atoms in total. The van der Waals surface area contributed by atoms with E-state index < -0.39 is 5.91 Å². The van der Waals surface area contributed by atoms with Gasteiger partial charge in [0.15, 0.2) is 5.58 Å². The summed E-state index contributed by atoms with van der Waals surface area (Å²) in [6.45, 7) is 0. The van der Waals surface area contributed by atoms with Gasteiger partial charge in [-0.25, -0.2) is 0 Å². The second-order valence-electron chi connectivity index (χ2n) is 5.56. The lowest BCUT2D eigenvalue weighted by Crippen LogP contribution is -2.10. The molecule has 1 amide bonds. The van der Waals surface area contributed by atoms with Gasteiger partial charge < -0.3 is 19.9 Å². The minimum Gasteiger partial charge on any atom is -0.496 e. The number of methoxy groups -OCH3 is 1. The Morgan fingerprint density at radius 2 is 2.08 bits per heavy atom. The van der Waals surface area contributed by atoms with Gasteiger partial charge in [-0.2, -0.15) is 0 Å².